The molecular formula is C21H22NO3. The number of hydrogen-bond donors (Lipinski definition) is 0. The summed E-state index contributed by atoms with van der Waals surface area (Å²) in [7, 11) is 0. The number of rotatable bonds is 3. The van der Waals surface area contributed by atoms with Gasteiger partial charge in [0.1, 0.15) is 11.4 Å². The molecule has 1 atom stereocenters. The maximum atomic E-state index is 13.1. The van der Waals surface area contributed by atoms with Gasteiger partial charge in [-0.15, -0.1) is 0 Å². The predicted molar refractivity (Wildman–Crippen MR) is 94.1 cm³/mol. The lowest BCUT2D eigenvalue weighted by Gasteiger charge is -2.31. The van der Waals surface area contributed by atoms with Crippen molar-refractivity contribution in [1.29, 1.82) is 0 Å². The van der Waals surface area contributed by atoms with Crippen LogP contribution in [0.1, 0.15) is 31.4 Å². The van der Waals surface area contributed by atoms with Gasteiger partial charge in [0.15, 0.2) is 5.60 Å². The standard InChI is InChI=1S/C21H22NO3/c1-20(2,25-17-9-4-3-5-10-17)19(23)22-13-12-21(15-22)18-11-7-6-8-16(18)14-24-21/h4-11H,12-15H2,1-2H3. The molecule has 0 bridgehead atoms. The largest absolute Gasteiger partial charge is 0.478 e. The Morgan fingerprint density at radius 3 is 2.80 bits per heavy atom. The lowest BCUT2D eigenvalue weighted by Crippen LogP contribution is -2.49. The van der Waals surface area contributed by atoms with Gasteiger partial charge >= 0.3 is 0 Å². The van der Waals surface area contributed by atoms with Gasteiger partial charge in [0.2, 0.25) is 0 Å². The molecule has 0 aromatic heterocycles. The van der Waals surface area contributed by atoms with Gasteiger partial charge in [0, 0.05) is 6.54 Å². The van der Waals surface area contributed by atoms with Crippen molar-refractivity contribution in [2.24, 2.45) is 0 Å². The van der Waals surface area contributed by atoms with Crippen LogP contribution in [0.15, 0.2) is 48.5 Å². The van der Waals surface area contributed by atoms with Gasteiger partial charge in [-0.1, -0.05) is 36.4 Å². The van der Waals surface area contributed by atoms with E-state index in [1.54, 1.807) is 12.1 Å². The SMILES string of the molecule is CC(C)(Oc1cc[c]cc1)C(=O)N1CCC2(C1)OCc1ccccc12. The van der Waals surface area contributed by atoms with E-state index in [4.69, 9.17) is 9.47 Å². The Kier molecular flexibility index (Phi) is 3.80. The van der Waals surface area contributed by atoms with Crippen molar-refractivity contribution in [2.75, 3.05) is 13.1 Å². The van der Waals surface area contributed by atoms with Gasteiger partial charge < -0.3 is 14.4 Å². The molecular weight excluding hydrogens is 314 g/mol. The molecule has 4 heteroatoms. The molecule has 2 aliphatic rings. The van der Waals surface area contributed by atoms with Gasteiger partial charge in [0.05, 0.1) is 13.2 Å². The zero-order valence-electron chi connectivity index (χ0n) is 14.6. The summed E-state index contributed by atoms with van der Waals surface area (Å²) >= 11 is 0. The number of likely N-dealkylation sites (tertiary alicyclic amines) is 1. The van der Waals surface area contributed by atoms with Gasteiger partial charge in [-0.25, -0.2) is 0 Å². The van der Waals surface area contributed by atoms with E-state index >= 15 is 0 Å². The third kappa shape index (κ3) is 2.81. The number of benzene rings is 2. The van der Waals surface area contributed by atoms with Crippen molar-refractivity contribution in [3.05, 3.63) is 65.7 Å². The summed E-state index contributed by atoms with van der Waals surface area (Å²) in [6.07, 6.45) is 0.826. The van der Waals surface area contributed by atoms with E-state index < -0.39 is 5.60 Å². The number of hydrogen-bond acceptors (Lipinski definition) is 3. The van der Waals surface area contributed by atoms with Gasteiger partial charge in [0.25, 0.3) is 5.91 Å². The van der Waals surface area contributed by atoms with E-state index in [-0.39, 0.29) is 11.5 Å². The first-order chi connectivity index (χ1) is 12.0. The topological polar surface area (TPSA) is 38.8 Å². The lowest BCUT2D eigenvalue weighted by atomic mass is 9.92. The Morgan fingerprint density at radius 2 is 2.00 bits per heavy atom. The highest BCUT2D eigenvalue weighted by atomic mass is 16.5. The van der Waals surface area contributed by atoms with Gasteiger partial charge in [-0.05, 0) is 49.6 Å². The van der Waals surface area contributed by atoms with Crippen molar-refractivity contribution in [2.45, 2.75) is 38.1 Å². The van der Waals surface area contributed by atoms with Crippen LogP contribution in [0.5, 0.6) is 5.75 Å². The summed E-state index contributed by atoms with van der Waals surface area (Å²) in [4.78, 5) is 14.9. The normalized spacial score (nSPS) is 22.2. The second-order valence-corrected chi connectivity index (χ2v) is 7.26. The van der Waals surface area contributed by atoms with Gasteiger partial charge in [-0.3, -0.25) is 4.79 Å². The summed E-state index contributed by atoms with van der Waals surface area (Å²) in [6.45, 7) is 5.53. The molecule has 4 rings (SSSR count). The molecule has 2 aromatic carbocycles. The van der Waals surface area contributed by atoms with Crippen LogP contribution in [0.2, 0.25) is 0 Å². The Labute approximate surface area is 148 Å². The number of carbonyl (C=O) groups is 1. The summed E-state index contributed by atoms with van der Waals surface area (Å²) < 4.78 is 12.1. The molecule has 1 amide bonds. The molecule has 1 spiro atoms. The third-order valence-corrected chi connectivity index (χ3v) is 5.11. The summed E-state index contributed by atoms with van der Waals surface area (Å²) in [5.74, 6) is 0.665. The van der Waals surface area contributed by atoms with Crippen molar-refractivity contribution in [1.82, 2.24) is 4.90 Å². The maximum absolute atomic E-state index is 13.1. The minimum absolute atomic E-state index is 0.00908. The molecule has 1 radical (unpaired) electrons. The Balaban J connectivity index is 1.51. The van der Waals surface area contributed by atoms with Crippen LogP contribution in [0, 0.1) is 6.07 Å². The predicted octanol–water partition coefficient (Wildman–Crippen LogP) is 3.30. The number of nitrogens with zero attached hydrogens (tertiary/aromatic N) is 1. The molecule has 4 nitrogen and oxygen atoms in total. The molecule has 2 aromatic rings. The highest BCUT2D eigenvalue weighted by Crippen LogP contribution is 2.43. The van der Waals surface area contributed by atoms with Crippen LogP contribution in [-0.2, 0) is 21.7 Å². The smallest absolute Gasteiger partial charge is 0.266 e. The number of ether oxygens (including phenoxy) is 2. The quantitative estimate of drug-likeness (QED) is 0.863. The summed E-state index contributed by atoms with van der Waals surface area (Å²) in [6, 6.07) is 18.5. The molecule has 2 aliphatic heterocycles. The molecule has 25 heavy (non-hydrogen) atoms. The highest BCUT2D eigenvalue weighted by molar-refractivity contribution is 5.85. The number of fused-ring (bicyclic) bond motifs is 2. The fourth-order valence-corrected chi connectivity index (χ4v) is 3.84. The number of amides is 1. The Hall–Kier alpha value is -2.33. The van der Waals surface area contributed by atoms with Crippen molar-refractivity contribution >= 4 is 5.91 Å². The zero-order valence-corrected chi connectivity index (χ0v) is 14.6. The lowest BCUT2D eigenvalue weighted by molar-refractivity contribution is -0.145. The van der Waals surface area contributed by atoms with E-state index in [2.05, 4.69) is 18.2 Å². The molecule has 1 fully saturated rings. The molecule has 1 unspecified atom stereocenters. The van der Waals surface area contributed by atoms with Gasteiger partial charge in [-0.2, -0.15) is 0 Å². The average molecular weight is 336 g/mol. The minimum atomic E-state index is -0.926. The van der Waals surface area contributed by atoms with Crippen molar-refractivity contribution in [3.8, 4) is 5.75 Å². The van der Waals surface area contributed by atoms with E-state index in [1.807, 2.05) is 43.0 Å². The Morgan fingerprint density at radius 1 is 1.24 bits per heavy atom. The molecule has 0 aliphatic carbocycles. The Bertz CT molecular complexity index is 787. The van der Waals surface area contributed by atoms with E-state index in [1.165, 1.54) is 11.1 Å². The van der Waals surface area contributed by atoms with Crippen LogP contribution in [0.25, 0.3) is 0 Å². The second-order valence-electron chi connectivity index (χ2n) is 7.26. The van der Waals surface area contributed by atoms with E-state index in [0.717, 1.165) is 6.42 Å². The van der Waals surface area contributed by atoms with E-state index in [9.17, 15) is 4.79 Å². The number of carbonyl (C=O) groups excluding carboxylic acids is 1. The van der Waals surface area contributed by atoms with E-state index in [0.29, 0.717) is 25.4 Å². The summed E-state index contributed by atoms with van der Waals surface area (Å²) in [5.41, 5.74) is 1.17. The zero-order chi connectivity index (χ0) is 17.5. The fourth-order valence-electron chi connectivity index (χ4n) is 3.84. The monoisotopic (exact) mass is 336 g/mol. The fraction of sp³-hybridized carbons (Fsp3) is 0.381. The van der Waals surface area contributed by atoms with Crippen LogP contribution < -0.4 is 4.74 Å². The molecule has 0 N–H and O–H groups in total. The molecule has 2 heterocycles. The van der Waals surface area contributed by atoms with Crippen LogP contribution in [-0.4, -0.2) is 29.5 Å². The first-order valence-electron chi connectivity index (χ1n) is 8.67. The summed E-state index contributed by atoms with van der Waals surface area (Å²) in [5, 5.41) is 0. The molecule has 0 saturated carbocycles. The third-order valence-electron chi connectivity index (χ3n) is 5.11. The van der Waals surface area contributed by atoms with Crippen LogP contribution in [0.3, 0.4) is 0 Å². The first kappa shape index (κ1) is 16.2. The highest BCUT2D eigenvalue weighted by Gasteiger charge is 2.49. The molecule has 129 valence electrons. The molecule has 1 saturated heterocycles. The van der Waals surface area contributed by atoms with Crippen molar-refractivity contribution in [3.63, 3.8) is 0 Å². The first-order valence-corrected chi connectivity index (χ1v) is 8.67. The second kappa shape index (κ2) is 5.88. The van der Waals surface area contributed by atoms with Crippen LogP contribution >= 0.6 is 0 Å². The van der Waals surface area contributed by atoms with Crippen LogP contribution in [0.4, 0.5) is 0 Å². The average Bonchev–Trinajstić information content (AvgIpc) is 3.21. The van der Waals surface area contributed by atoms with Crippen molar-refractivity contribution < 1.29 is 14.3 Å². The maximum Gasteiger partial charge on any atom is 0.266 e. The minimum Gasteiger partial charge on any atom is -0.478 e.